The van der Waals surface area contributed by atoms with Gasteiger partial charge in [0.05, 0.1) is 4.90 Å². The zero-order chi connectivity index (χ0) is 15.8. The topological polar surface area (TPSA) is 58.2 Å². The zero-order valence-corrected chi connectivity index (χ0v) is 13.7. The van der Waals surface area contributed by atoms with Gasteiger partial charge in [0, 0.05) is 18.6 Å². The standard InChI is InChI=1S/C15H23FN2O2S/c1-10(2)17-9-11-5-6-12(16)7-13(11)21(19,20)18-14-8-15(14,3)4/h5-7,10,14,17-18H,8-9H2,1-4H3. The molecular weight excluding hydrogens is 291 g/mol. The molecular formula is C15H23FN2O2S. The molecule has 1 atom stereocenters. The van der Waals surface area contributed by atoms with Crippen LogP contribution in [0.1, 0.15) is 39.7 Å². The van der Waals surface area contributed by atoms with Gasteiger partial charge in [0.25, 0.3) is 0 Å². The number of rotatable bonds is 6. The van der Waals surface area contributed by atoms with Gasteiger partial charge in [-0.1, -0.05) is 33.8 Å². The Balaban J connectivity index is 2.26. The van der Waals surface area contributed by atoms with Crippen LogP contribution in [-0.2, 0) is 16.6 Å². The molecule has 0 saturated heterocycles. The third kappa shape index (κ3) is 4.02. The van der Waals surface area contributed by atoms with Crippen molar-refractivity contribution in [3.05, 3.63) is 29.6 Å². The molecule has 0 aromatic heterocycles. The average molecular weight is 314 g/mol. The summed E-state index contributed by atoms with van der Waals surface area (Å²) in [5.74, 6) is -0.543. The number of benzene rings is 1. The quantitative estimate of drug-likeness (QED) is 0.848. The van der Waals surface area contributed by atoms with Crippen LogP contribution in [0.3, 0.4) is 0 Å². The van der Waals surface area contributed by atoms with E-state index in [1.807, 2.05) is 27.7 Å². The van der Waals surface area contributed by atoms with Crippen LogP contribution in [0.15, 0.2) is 23.1 Å². The predicted molar refractivity (Wildman–Crippen MR) is 80.9 cm³/mol. The first-order valence-corrected chi connectivity index (χ1v) is 8.64. The van der Waals surface area contributed by atoms with Gasteiger partial charge in [-0.2, -0.15) is 0 Å². The van der Waals surface area contributed by atoms with Crippen molar-refractivity contribution >= 4 is 10.0 Å². The van der Waals surface area contributed by atoms with Crippen LogP contribution in [0.5, 0.6) is 0 Å². The highest BCUT2D eigenvalue weighted by atomic mass is 32.2. The highest BCUT2D eigenvalue weighted by Gasteiger charge is 2.48. The number of nitrogens with one attached hydrogen (secondary N) is 2. The van der Waals surface area contributed by atoms with E-state index in [0.29, 0.717) is 12.1 Å². The molecule has 2 N–H and O–H groups in total. The third-order valence-electron chi connectivity index (χ3n) is 3.83. The molecule has 1 aromatic rings. The molecule has 0 heterocycles. The van der Waals surface area contributed by atoms with Gasteiger partial charge in [-0.3, -0.25) is 0 Å². The Kier molecular flexibility index (Phi) is 4.42. The van der Waals surface area contributed by atoms with Crippen LogP contribution in [0.2, 0.25) is 0 Å². The first-order valence-electron chi connectivity index (χ1n) is 7.16. The predicted octanol–water partition coefficient (Wildman–Crippen LogP) is 2.40. The van der Waals surface area contributed by atoms with Gasteiger partial charge < -0.3 is 5.32 Å². The largest absolute Gasteiger partial charge is 0.310 e. The molecule has 1 unspecified atom stereocenters. The first kappa shape index (κ1) is 16.4. The number of hydrogen-bond acceptors (Lipinski definition) is 3. The van der Waals surface area contributed by atoms with Crippen molar-refractivity contribution in [2.75, 3.05) is 0 Å². The second-order valence-corrected chi connectivity index (χ2v) is 8.34. The summed E-state index contributed by atoms with van der Waals surface area (Å²) in [6.07, 6.45) is 0.807. The molecule has 1 aliphatic carbocycles. The van der Waals surface area contributed by atoms with Crippen molar-refractivity contribution in [1.29, 1.82) is 0 Å². The van der Waals surface area contributed by atoms with Gasteiger partial charge in [0.1, 0.15) is 5.82 Å². The molecule has 1 saturated carbocycles. The summed E-state index contributed by atoms with van der Waals surface area (Å²) in [6.45, 7) is 8.35. The minimum atomic E-state index is -3.70. The van der Waals surface area contributed by atoms with Crippen molar-refractivity contribution in [3.63, 3.8) is 0 Å². The van der Waals surface area contributed by atoms with E-state index in [4.69, 9.17) is 0 Å². The Bertz CT molecular complexity index is 627. The molecule has 0 spiro atoms. The average Bonchev–Trinajstić information content (AvgIpc) is 2.93. The summed E-state index contributed by atoms with van der Waals surface area (Å²) >= 11 is 0. The van der Waals surface area contributed by atoms with Crippen LogP contribution in [0.4, 0.5) is 4.39 Å². The summed E-state index contributed by atoms with van der Waals surface area (Å²) in [7, 11) is -3.70. The minimum absolute atomic E-state index is 0.0171. The molecule has 0 aliphatic heterocycles. The molecule has 1 fully saturated rings. The fourth-order valence-electron chi connectivity index (χ4n) is 2.16. The molecule has 0 radical (unpaired) electrons. The molecule has 6 heteroatoms. The molecule has 0 amide bonds. The second-order valence-electron chi connectivity index (χ2n) is 6.65. The maximum atomic E-state index is 13.5. The lowest BCUT2D eigenvalue weighted by Crippen LogP contribution is -2.30. The lowest BCUT2D eigenvalue weighted by molar-refractivity contribution is 0.547. The van der Waals surface area contributed by atoms with E-state index < -0.39 is 15.8 Å². The zero-order valence-electron chi connectivity index (χ0n) is 12.9. The van der Waals surface area contributed by atoms with Gasteiger partial charge >= 0.3 is 0 Å². The normalized spacial score (nSPS) is 20.8. The van der Waals surface area contributed by atoms with Gasteiger partial charge in [-0.25, -0.2) is 17.5 Å². The summed E-state index contributed by atoms with van der Waals surface area (Å²) in [6, 6.07) is 4.06. The SMILES string of the molecule is CC(C)NCc1ccc(F)cc1S(=O)(=O)NC1CC1(C)C. The van der Waals surface area contributed by atoms with E-state index in [1.165, 1.54) is 12.1 Å². The molecule has 4 nitrogen and oxygen atoms in total. The van der Waals surface area contributed by atoms with E-state index in [0.717, 1.165) is 12.5 Å². The minimum Gasteiger partial charge on any atom is -0.310 e. The summed E-state index contributed by atoms with van der Waals surface area (Å²) < 4.78 is 41.1. The molecule has 0 bridgehead atoms. The highest BCUT2D eigenvalue weighted by Crippen LogP contribution is 2.45. The second kappa shape index (κ2) is 5.66. The summed E-state index contributed by atoms with van der Waals surface area (Å²) in [5.41, 5.74) is 0.563. The fraction of sp³-hybridized carbons (Fsp3) is 0.600. The van der Waals surface area contributed by atoms with Gasteiger partial charge in [0.2, 0.25) is 10.0 Å². The maximum Gasteiger partial charge on any atom is 0.241 e. The molecule has 1 aliphatic rings. The summed E-state index contributed by atoms with van der Waals surface area (Å²) in [4.78, 5) is 0.0262. The Morgan fingerprint density at radius 2 is 2.00 bits per heavy atom. The van der Waals surface area contributed by atoms with E-state index in [2.05, 4.69) is 10.0 Å². The van der Waals surface area contributed by atoms with E-state index in [-0.39, 0.29) is 22.4 Å². The van der Waals surface area contributed by atoms with Crippen molar-refractivity contribution < 1.29 is 12.8 Å². The van der Waals surface area contributed by atoms with Gasteiger partial charge in [0.15, 0.2) is 0 Å². The van der Waals surface area contributed by atoms with Crippen LogP contribution < -0.4 is 10.0 Å². The van der Waals surface area contributed by atoms with Crippen LogP contribution >= 0.6 is 0 Å². The first-order chi connectivity index (χ1) is 9.62. The van der Waals surface area contributed by atoms with Crippen molar-refractivity contribution in [2.24, 2.45) is 5.41 Å². The van der Waals surface area contributed by atoms with Crippen molar-refractivity contribution in [2.45, 2.75) is 57.6 Å². The number of halogens is 1. The molecule has 21 heavy (non-hydrogen) atoms. The number of sulfonamides is 1. The lowest BCUT2D eigenvalue weighted by Gasteiger charge is -2.14. The Morgan fingerprint density at radius 3 is 2.52 bits per heavy atom. The van der Waals surface area contributed by atoms with Crippen molar-refractivity contribution in [1.82, 2.24) is 10.0 Å². The lowest BCUT2D eigenvalue weighted by atomic mass is 10.2. The highest BCUT2D eigenvalue weighted by molar-refractivity contribution is 7.89. The maximum absolute atomic E-state index is 13.5. The number of hydrogen-bond donors (Lipinski definition) is 2. The van der Waals surface area contributed by atoms with Crippen LogP contribution in [0.25, 0.3) is 0 Å². The Hall–Kier alpha value is -0.980. The van der Waals surface area contributed by atoms with Gasteiger partial charge in [-0.15, -0.1) is 0 Å². The van der Waals surface area contributed by atoms with E-state index >= 15 is 0 Å². The van der Waals surface area contributed by atoms with Gasteiger partial charge in [-0.05, 0) is 29.5 Å². The van der Waals surface area contributed by atoms with E-state index in [9.17, 15) is 12.8 Å². The fourth-order valence-corrected chi connectivity index (χ4v) is 3.81. The Labute approximate surface area is 126 Å². The molecule has 2 rings (SSSR count). The van der Waals surface area contributed by atoms with Crippen LogP contribution in [-0.4, -0.2) is 20.5 Å². The monoisotopic (exact) mass is 314 g/mol. The Morgan fingerprint density at radius 1 is 1.38 bits per heavy atom. The van der Waals surface area contributed by atoms with Crippen molar-refractivity contribution in [3.8, 4) is 0 Å². The summed E-state index contributed by atoms with van der Waals surface area (Å²) in [5, 5.41) is 3.16. The molecule has 1 aromatic carbocycles. The van der Waals surface area contributed by atoms with Crippen LogP contribution in [0, 0.1) is 11.2 Å². The third-order valence-corrected chi connectivity index (χ3v) is 5.38. The smallest absolute Gasteiger partial charge is 0.241 e. The van der Waals surface area contributed by atoms with E-state index in [1.54, 1.807) is 0 Å². The molecule has 118 valence electrons.